The Hall–Kier alpha value is -1.97. The van der Waals surface area contributed by atoms with Gasteiger partial charge in [-0.3, -0.25) is 9.78 Å². The Kier molecular flexibility index (Phi) is 3.38. The second-order valence-electron chi connectivity index (χ2n) is 4.23. The van der Waals surface area contributed by atoms with Crippen molar-refractivity contribution in [2.24, 2.45) is 0 Å². The minimum atomic E-state index is -0.273. The number of rotatable bonds is 2. The van der Waals surface area contributed by atoms with E-state index in [0.29, 0.717) is 10.6 Å². The summed E-state index contributed by atoms with van der Waals surface area (Å²) < 4.78 is 0. The molecule has 98 valence electrons. The molecule has 2 aromatic heterocycles. The third kappa shape index (κ3) is 2.38. The molecule has 20 heavy (non-hydrogen) atoms. The highest BCUT2D eigenvalue weighted by Gasteiger charge is 2.15. The number of nitrogens with zero attached hydrogens (tertiary/aromatic N) is 2. The van der Waals surface area contributed by atoms with Crippen LogP contribution in [0.4, 0.5) is 0 Å². The first-order valence-corrected chi connectivity index (χ1v) is 6.61. The van der Waals surface area contributed by atoms with Crippen LogP contribution in [0.15, 0.2) is 48.8 Å². The molecule has 3 aromatic rings. The quantitative estimate of drug-likeness (QED) is 0.667. The van der Waals surface area contributed by atoms with Crippen molar-refractivity contribution in [2.75, 3.05) is 0 Å². The summed E-state index contributed by atoms with van der Waals surface area (Å²) >= 11 is 11.8. The molecular formula is C15H8Cl2N2O. The lowest BCUT2D eigenvalue weighted by molar-refractivity contribution is 0.103. The number of hydrogen-bond acceptors (Lipinski definition) is 3. The first-order valence-electron chi connectivity index (χ1n) is 5.86. The van der Waals surface area contributed by atoms with E-state index in [1.54, 1.807) is 6.07 Å². The molecule has 2 heterocycles. The summed E-state index contributed by atoms with van der Waals surface area (Å²) in [7, 11) is 0. The zero-order valence-corrected chi connectivity index (χ0v) is 11.7. The number of para-hydroxylation sites is 1. The zero-order chi connectivity index (χ0) is 14.1. The number of benzene rings is 1. The molecule has 0 aliphatic rings. The first kappa shape index (κ1) is 13.0. The van der Waals surface area contributed by atoms with Crippen LogP contribution in [0.5, 0.6) is 0 Å². The highest BCUT2D eigenvalue weighted by Crippen LogP contribution is 2.22. The van der Waals surface area contributed by atoms with Gasteiger partial charge in [-0.25, -0.2) is 4.98 Å². The molecular weight excluding hydrogens is 295 g/mol. The molecule has 0 saturated carbocycles. The van der Waals surface area contributed by atoms with Gasteiger partial charge in [-0.15, -0.1) is 0 Å². The maximum atomic E-state index is 12.4. The summed E-state index contributed by atoms with van der Waals surface area (Å²) in [5.41, 5.74) is 1.45. The van der Waals surface area contributed by atoms with Crippen molar-refractivity contribution < 1.29 is 4.79 Å². The van der Waals surface area contributed by atoms with Crippen molar-refractivity contribution in [1.82, 2.24) is 9.97 Å². The van der Waals surface area contributed by atoms with Gasteiger partial charge in [0.2, 0.25) is 5.78 Å². The van der Waals surface area contributed by atoms with Gasteiger partial charge in [-0.05, 0) is 18.2 Å². The van der Waals surface area contributed by atoms with Crippen molar-refractivity contribution in [1.29, 1.82) is 0 Å². The topological polar surface area (TPSA) is 42.9 Å². The molecule has 0 aliphatic heterocycles. The molecule has 0 saturated heterocycles. The molecule has 0 atom stereocenters. The summed E-state index contributed by atoms with van der Waals surface area (Å²) in [4.78, 5) is 20.6. The number of halogens is 2. The Balaban J connectivity index is 2.08. The van der Waals surface area contributed by atoms with Crippen molar-refractivity contribution in [2.45, 2.75) is 0 Å². The number of carbonyl (C=O) groups is 1. The molecule has 0 spiro atoms. The van der Waals surface area contributed by atoms with Crippen molar-refractivity contribution >= 4 is 39.9 Å². The lowest BCUT2D eigenvalue weighted by atomic mass is 10.1. The van der Waals surface area contributed by atoms with E-state index in [0.717, 1.165) is 10.9 Å². The van der Waals surface area contributed by atoms with Gasteiger partial charge in [0.25, 0.3) is 0 Å². The van der Waals surface area contributed by atoms with Crippen LogP contribution in [0.2, 0.25) is 10.0 Å². The van der Waals surface area contributed by atoms with Gasteiger partial charge in [0.05, 0.1) is 15.6 Å². The SMILES string of the molecule is O=C(c1cnc2ccccc2c1)c1ncc(Cl)cc1Cl. The molecule has 0 aliphatic carbocycles. The zero-order valence-electron chi connectivity index (χ0n) is 10.2. The average Bonchev–Trinajstić information content (AvgIpc) is 2.46. The summed E-state index contributed by atoms with van der Waals surface area (Å²) in [5, 5.41) is 1.52. The number of carbonyl (C=O) groups excluding carboxylic acids is 1. The van der Waals surface area contributed by atoms with Gasteiger partial charge in [0.1, 0.15) is 5.69 Å². The lowest BCUT2D eigenvalue weighted by Gasteiger charge is -2.04. The monoisotopic (exact) mass is 302 g/mol. The Labute approximate surface area is 125 Å². The number of ketones is 1. The Morgan fingerprint density at radius 3 is 2.60 bits per heavy atom. The van der Waals surface area contributed by atoms with Crippen LogP contribution < -0.4 is 0 Å². The third-order valence-electron chi connectivity index (χ3n) is 2.88. The second kappa shape index (κ2) is 5.19. The molecule has 1 aromatic carbocycles. The molecule has 0 fully saturated rings. The largest absolute Gasteiger partial charge is 0.287 e. The van der Waals surface area contributed by atoms with Crippen LogP contribution in [0.25, 0.3) is 10.9 Å². The van der Waals surface area contributed by atoms with Gasteiger partial charge in [0, 0.05) is 23.3 Å². The van der Waals surface area contributed by atoms with Crippen LogP contribution in [-0.2, 0) is 0 Å². The number of hydrogen-bond donors (Lipinski definition) is 0. The minimum Gasteiger partial charge on any atom is -0.287 e. The van der Waals surface area contributed by atoms with E-state index in [-0.39, 0.29) is 16.5 Å². The maximum Gasteiger partial charge on any atom is 0.214 e. The van der Waals surface area contributed by atoms with Gasteiger partial charge < -0.3 is 0 Å². The summed E-state index contributed by atoms with van der Waals surface area (Å²) in [5.74, 6) is -0.273. The van der Waals surface area contributed by atoms with E-state index in [2.05, 4.69) is 9.97 Å². The average molecular weight is 303 g/mol. The summed E-state index contributed by atoms with van der Waals surface area (Å²) in [6.07, 6.45) is 2.92. The fraction of sp³-hybridized carbons (Fsp3) is 0. The number of pyridine rings is 2. The predicted molar refractivity (Wildman–Crippen MR) is 79.4 cm³/mol. The van der Waals surface area contributed by atoms with Crippen LogP contribution in [0.1, 0.15) is 16.1 Å². The third-order valence-corrected chi connectivity index (χ3v) is 3.37. The molecule has 0 bridgehead atoms. The standard InChI is InChI=1S/C15H8Cl2N2O/c16-11-6-12(17)14(19-8-11)15(20)10-5-9-3-1-2-4-13(9)18-7-10/h1-8H. The first-order chi connectivity index (χ1) is 9.65. The lowest BCUT2D eigenvalue weighted by Crippen LogP contribution is -2.05. The maximum absolute atomic E-state index is 12.4. The van der Waals surface area contributed by atoms with Crippen LogP contribution >= 0.6 is 23.2 Å². The summed E-state index contributed by atoms with van der Waals surface area (Å²) in [6, 6.07) is 10.8. The molecule has 0 amide bonds. The minimum absolute atomic E-state index is 0.174. The second-order valence-corrected chi connectivity index (χ2v) is 5.07. The molecule has 0 radical (unpaired) electrons. The van der Waals surface area contributed by atoms with E-state index < -0.39 is 0 Å². The molecule has 5 heteroatoms. The van der Waals surface area contributed by atoms with Crippen molar-refractivity contribution in [3.05, 3.63) is 70.1 Å². The summed E-state index contributed by atoms with van der Waals surface area (Å²) in [6.45, 7) is 0. The van der Waals surface area contributed by atoms with E-state index in [1.807, 2.05) is 24.3 Å². The number of fused-ring (bicyclic) bond motifs is 1. The van der Waals surface area contributed by atoms with Crippen molar-refractivity contribution in [3.63, 3.8) is 0 Å². The van der Waals surface area contributed by atoms with E-state index in [9.17, 15) is 4.79 Å². The van der Waals surface area contributed by atoms with Crippen LogP contribution in [-0.4, -0.2) is 15.8 Å². The smallest absolute Gasteiger partial charge is 0.214 e. The fourth-order valence-corrected chi connectivity index (χ4v) is 2.38. The number of aromatic nitrogens is 2. The van der Waals surface area contributed by atoms with E-state index >= 15 is 0 Å². The van der Waals surface area contributed by atoms with Gasteiger partial charge in [-0.1, -0.05) is 41.4 Å². The van der Waals surface area contributed by atoms with Crippen LogP contribution in [0.3, 0.4) is 0 Å². The van der Waals surface area contributed by atoms with Gasteiger partial charge >= 0.3 is 0 Å². The van der Waals surface area contributed by atoms with E-state index in [1.165, 1.54) is 18.5 Å². The molecule has 3 rings (SSSR count). The molecule has 0 unspecified atom stereocenters. The highest BCUT2D eigenvalue weighted by atomic mass is 35.5. The van der Waals surface area contributed by atoms with E-state index in [4.69, 9.17) is 23.2 Å². The van der Waals surface area contributed by atoms with Crippen LogP contribution in [0, 0.1) is 0 Å². The van der Waals surface area contributed by atoms with Gasteiger partial charge in [0.15, 0.2) is 0 Å². The Morgan fingerprint density at radius 1 is 1.00 bits per heavy atom. The van der Waals surface area contributed by atoms with Gasteiger partial charge in [-0.2, -0.15) is 0 Å². The molecule has 3 nitrogen and oxygen atoms in total. The highest BCUT2D eigenvalue weighted by molar-refractivity contribution is 6.37. The Bertz CT molecular complexity index is 818. The Morgan fingerprint density at radius 2 is 1.80 bits per heavy atom. The van der Waals surface area contributed by atoms with Crippen molar-refractivity contribution in [3.8, 4) is 0 Å². The fourth-order valence-electron chi connectivity index (χ4n) is 1.91. The predicted octanol–water partition coefficient (Wildman–Crippen LogP) is 4.17. The molecule has 0 N–H and O–H groups in total. The normalized spacial score (nSPS) is 10.7.